The molecule has 38 heavy (non-hydrogen) atoms. The van der Waals surface area contributed by atoms with Crippen LogP contribution in [0.5, 0.6) is 0 Å². The fraction of sp³-hybridized carbons (Fsp3) is 0.333. The van der Waals surface area contributed by atoms with Gasteiger partial charge in [0.1, 0.15) is 18.2 Å². The van der Waals surface area contributed by atoms with Crippen LogP contribution in [0.15, 0.2) is 72.8 Å². The summed E-state index contributed by atoms with van der Waals surface area (Å²) in [6.07, 6.45) is -4.81. The second-order valence-corrected chi connectivity index (χ2v) is 10.3. The van der Waals surface area contributed by atoms with E-state index in [1.54, 1.807) is 20.8 Å². The van der Waals surface area contributed by atoms with E-state index < -0.39 is 35.4 Å². The Kier molecular flexibility index (Phi) is 7.81. The molecule has 0 fully saturated rings. The van der Waals surface area contributed by atoms with Gasteiger partial charge in [-0.2, -0.15) is 13.2 Å². The van der Waals surface area contributed by atoms with Crippen LogP contribution < -0.4 is 5.32 Å². The molecule has 0 bridgehead atoms. The summed E-state index contributed by atoms with van der Waals surface area (Å²) < 4.78 is 49.6. The van der Waals surface area contributed by atoms with E-state index in [1.165, 1.54) is 12.1 Å². The SMILES string of the molecule is CC(C)(C)OC(=O)C(CCc1ccc(C(F)(F)F)cc1)NC(=O)OCC1c2ccccc2-c2ccccc21. The highest BCUT2D eigenvalue weighted by molar-refractivity contribution is 5.82. The van der Waals surface area contributed by atoms with Gasteiger partial charge in [-0.05, 0) is 73.6 Å². The van der Waals surface area contributed by atoms with Crippen LogP contribution in [-0.4, -0.2) is 30.3 Å². The molecular weight excluding hydrogens is 495 g/mol. The molecule has 1 amide bonds. The second kappa shape index (κ2) is 10.9. The molecule has 3 aromatic carbocycles. The molecule has 4 rings (SSSR count). The minimum atomic E-state index is -4.43. The lowest BCUT2D eigenvalue weighted by atomic mass is 9.98. The molecule has 5 nitrogen and oxygen atoms in total. The van der Waals surface area contributed by atoms with Crippen LogP contribution in [-0.2, 0) is 26.9 Å². The summed E-state index contributed by atoms with van der Waals surface area (Å²) in [7, 11) is 0. The van der Waals surface area contributed by atoms with Crippen LogP contribution >= 0.6 is 0 Å². The number of alkyl halides is 3. The highest BCUT2D eigenvalue weighted by Gasteiger charge is 2.32. The maximum atomic E-state index is 12.9. The van der Waals surface area contributed by atoms with Crippen molar-refractivity contribution in [2.75, 3.05) is 6.61 Å². The zero-order chi connectivity index (χ0) is 27.5. The summed E-state index contributed by atoms with van der Waals surface area (Å²) in [4.78, 5) is 25.7. The molecule has 3 aromatic rings. The number of alkyl carbamates (subject to hydrolysis) is 1. The molecule has 0 spiro atoms. The van der Waals surface area contributed by atoms with Crippen molar-refractivity contribution in [2.45, 2.75) is 57.3 Å². The molecule has 8 heteroatoms. The molecule has 1 atom stereocenters. The van der Waals surface area contributed by atoms with E-state index in [9.17, 15) is 22.8 Å². The van der Waals surface area contributed by atoms with Gasteiger partial charge in [0.15, 0.2) is 0 Å². The van der Waals surface area contributed by atoms with E-state index in [-0.39, 0.29) is 25.4 Å². The fourth-order valence-electron chi connectivity index (χ4n) is 4.58. The van der Waals surface area contributed by atoms with E-state index in [0.717, 1.165) is 34.4 Å². The van der Waals surface area contributed by atoms with Crippen molar-refractivity contribution in [3.63, 3.8) is 0 Å². The van der Waals surface area contributed by atoms with Gasteiger partial charge in [0.2, 0.25) is 0 Å². The minimum Gasteiger partial charge on any atom is -0.458 e. The highest BCUT2D eigenvalue weighted by Crippen LogP contribution is 2.44. The first kappa shape index (κ1) is 27.2. The van der Waals surface area contributed by atoms with Crippen LogP contribution in [0.1, 0.15) is 55.4 Å². The van der Waals surface area contributed by atoms with Crippen LogP contribution in [0, 0.1) is 0 Å². The molecule has 0 radical (unpaired) electrons. The molecule has 1 aliphatic carbocycles. The van der Waals surface area contributed by atoms with E-state index in [1.807, 2.05) is 48.5 Å². The number of hydrogen-bond donors (Lipinski definition) is 1. The van der Waals surface area contributed by atoms with Crippen molar-refractivity contribution in [1.29, 1.82) is 0 Å². The first-order valence-corrected chi connectivity index (χ1v) is 12.4. The Bertz CT molecular complexity index is 1250. The standard InChI is InChI=1S/C30H30F3NO4/c1-29(2,3)38-27(35)26(17-14-19-12-15-20(16-13-19)30(31,32)33)34-28(36)37-18-25-23-10-6-4-8-21(23)22-9-5-7-11-24(22)25/h4-13,15-16,25-26H,14,17-18H2,1-3H3,(H,34,36). The second-order valence-electron chi connectivity index (χ2n) is 10.3. The van der Waals surface area contributed by atoms with E-state index >= 15 is 0 Å². The van der Waals surface area contributed by atoms with E-state index in [2.05, 4.69) is 5.32 Å². The smallest absolute Gasteiger partial charge is 0.416 e. The summed E-state index contributed by atoms with van der Waals surface area (Å²) >= 11 is 0. The molecule has 200 valence electrons. The number of fused-ring (bicyclic) bond motifs is 3. The van der Waals surface area contributed by atoms with Gasteiger partial charge in [-0.1, -0.05) is 60.7 Å². The molecular formula is C30H30F3NO4. The number of esters is 1. The minimum absolute atomic E-state index is 0.0831. The number of amides is 1. The third kappa shape index (κ3) is 6.54. The number of carbonyl (C=O) groups is 2. The molecule has 1 N–H and O–H groups in total. The summed E-state index contributed by atoms with van der Waals surface area (Å²) in [5.74, 6) is -0.779. The van der Waals surface area contributed by atoms with Crippen molar-refractivity contribution in [2.24, 2.45) is 0 Å². The molecule has 0 heterocycles. The van der Waals surface area contributed by atoms with Crippen LogP contribution in [0.3, 0.4) is 0 Å². The Balaban J connectivity index is 1.42. The zero-order valence-electron chi connectivity index (χ0n) is 21.5. The normalized spacial score (nSPS) is 13.8. The number of benzene rings is 3. The largest absolute Gasteiger partial charge is 0.458 e. The summed E-state index contributed by atoms with van der Waals surface area (Å²) in [6.45, 7) is 5.22. The van der Waals surface area contributed by atoms with Crippen molar-refractivity contribution in [1.82, 2.24) is 5.32 Å². The molecule has 0 aromatic heterocycles. The molecule has 1 aliphatic rings. The maximum absolute atomic E-state index is 12.9. The molecule has 0 saturated carbocycles. The van der Waals surface area contributed by atoms with Crippen LogP contribution in [0.4, 0.5) is 18.0 Å². The van der Waals surface area contributed by atoms with Crippen molar-refractivity contribution in [3.05, 3.63) is 95.1 Å². The monoisotopic (exact) mass is 525 g/mol. The van der Waals surface area contributed by atoms with Crippen molar-refractivity contribution in [3.8, 4) is 11.1 Å². The third-order valence-corrected chi connectivity index (χ3v) is 6.33. The Morgan fingerprint density at radius 3 is 1.95 bits per heavy atom. The number of halogens is 3. The quantitative estimate of drug-likeness (QED) is 0.341. The number of aryl methyl sites for hydroxylation is 1. The maximum Gasteiger partial charge on any atom is 0.416 e. The first-order chi connectivity index (χ1) is 17.9. The summed E-state index contributed by atoms with van der Waals surface area (Å²) in [5.41, 5.74) is 3.38. The fourth-order valence-corrected chi connectivity index (χ4v) is 4.58. The van der Waals surface area contributed by atoms with Crippen LogP contribution in [0.2, 0.25) is 0 Å². The number of rotatable bonds is 7. The van der Waals surface area contributed by atoms with Gasteiger partial charge in [0.05, 0.1) is 5.56 Å². The number of hydrogen-bond acceptors (Lipinski definition) is 4. The van der Waals surface area contributed by atoms with Crippen molar-refractivity contribution < 1.29 is 32.2 Å². The van der Waals surface area contributed by atoms with Gasteiger partial charge >= 0.3 is 18.2 Å². The number of nitrogens with one attached hydrogen (secondary N) is 1. The zero-order valence-corrected chi connectivity index (χ0v) is 21.5. The average Bonchev–Trinajstić information content (AvgIpc) is 3.17. The van der Waals surface area contributed by atoms with Gasteiger partial charge in [0.25, 0.3) is 0 Å². The summed E-state index contributed by atoms with van der Waals surface area (Å²) in [5, 5.41) is 2.60. The van der Waals surface area contributed by atoms with Gasteiger partial charge in [0, 0.05) is 5.92 Å². The number of ether oxygens (including phenoxy) is 2. The molecule has 0 saturated heterocycles. The Hall–Kier alpha value is -3.81. The lowest BCUT2D eigenvalue weighted by Gasteiger charge is -2.25. The highest BCUT2D eigenvalue weighted by atomic mass is 19.4. The van der Waals surface area contributed by atoms with E-state index in [4.69, 9.17) is 9.47 Å². The van der Waals surface area contributed by atoms with Gasteiger partial charge < -0.3 is 14.8 Å². The van der Waals surface area contributed by atoms with E-state index in [0.29, 0.717) is 5.56 Å². The van der Waals surface area contributed by atoms with Crippen molar-refractivity contribution >= 4 is 12.1 Å². The van der Waals surface area contributed by atoms with Gasteiger partial charge in [-0.25, -0.2) is 9.59 Å². The predicted molar refractivity (Wildman–Crippen MR) is 138 cm³/mol. The molecule has 0 aliphatic heterocycles. The lowest BCUT2D eigenvalue weighted by molar-refractivity contribution is -0.157. The predicted octanol–water partition coefficient (Wildman–Crippen LogP) is 6.89. The first-order valence-electron chi connectivity index (χ1n) is 12.4. The Labute approximate surface area is 220 Å². The van der Waals surface area contributed by atoms with Gasteiger partial charge in [-0.3, -0.25) is 0 Å². The summed E-state index contributed by atoms with van der Waals surface area (Å²) in [6, 6.07) is 19.6. The Morgan fingerprint density at radius 2 is 1.42 bits per heavy atom. The van der Waals surface area contributed by atoms with Gasteiger partial charge in [-0.15, -0.1) is 0 Å². The molecule has 1 unspecified atom stereocenters. The van der Waals surface area contributed by atoms with Crippen LogP contribution in [0.25, 0.3) is 11.1 Å². The third-order valence-electron chi connectivity index (χ3n) is 6.33. The topological polar surface area (TPSA) is 64.6 Å². The number of carbonyl (C=O) groups excluding carboxylic acids is 2. The Morgan fingerprint density at radius 1 is 0.868 bits per heavy atom. The average molecular weight is 526 g/mol. The lowest BCUT2D eigenvalue weighted by Crippen LogP contribution is -2.45.